The lowest BCUT2D eigenvalue weighted by Crippen LogP contribution is -2.47. The number of anilines is 2. The first kappa shape index (κ1) is 14.3. The number of piperazine rings is 1. The van der Waals surface area contributed by atoms with Crippen molar-refractivity contribution in [1.29, 1.82) is 0 Å². The Morgan fingerprint density at radius 1 is 0.913 bits per heavy atom. The molecular weight excluding hydrogens is 295 g/mol. The highest BCUT2D eigenvalue weighted by Gasteiger charge is 2.24. The summed E-state index contributed by atoms with van der Waals surface area (Å²) in [6.07, 6.45) is 7.89. The fraction of sp³-hybridized carbons (Fsp3) is 0.500. The summed E-state index contributed by atoms with van der Waals surface area (Å²) >= 11 is 0. The molecule has 1 saturated carbocycles. The molecule has 0 spiro atoms. The van der Waals surface area contributed by atoms with Gasteiger partial charge in [0, 0.05) is 43.9 Å². The molecule has 0 N–H and O–H groups in total. The number of aromatic nitrogens is 4. The largest absolute Gasteiger partial charge is 0.353 e. The quantitative estimate of drug-likeness (QED) is 0.864. The Hall–Kier alpha value is -2.31. The lowest BCUT2D eigenvalue weighted by atomic mass is 9.83. The highest BCUT2D eigenvalue weighted by atomic mass is 19.1. The maximum absolute atomic E-state index is 12.9. The van der Waals surface area contributed by atoms with Crippen molar-refractivity contribution in [2.45, 2.75) is 25.2 Å². The van der Waals surface area contributed by atoms with Crippen LogP contribution in [0.3, 0.4) is 0 Å². The molecule has 6 nitrogen and oxygen atoms in total. The number of hydrogen-bond acceptors (Lipinski definition) is 6. The number of hydrogen-bond donors (Lipinski definition) is 0. The normalized spacial score (nSPS) is 18.8. The van der Waals surface area contributed by atoms with Crippen LogP contribution in [0, 0.1) is 5.82 Å². The smallest absolute Gasteiger partial charge is 0.225 e. The SMILES string of the molecule is Fc1cnc(N2CCN(c3cc(C4CCC4)ncn3)CC2)nc1. The highest BCUT2D eigenvalue weighted by Crippen LogP contribution is 2.35. The molecule has 0 aromatic carbocycles. The summed E-state index contributed by atoms with van der Waals surface area (Å²) in [7, 11) is 0. The summed E-state index contributed by atoms with van der Waals surface area (Å²) in [4.78, 5) is 21.3. The molecule has 2 fully saturated rings. The van der Waals surface area contributed by atoms with Crippen LogP contribution in [0.5, 0.6) is 0 Å². The minimum absolute atomic E-state index is 0.406. The molecule has 2 aromatic rings. The number of halogens is 1. The van der Waals surface area contributed by atoms with Gasteiger partial charge in [-0.2, -0.15) is 0 Å². The van der Waals surface area contributed by atoms with Gasteiger partial charge in [-0.25, -0.2) is 24.3 Å². The Morgan fingerprint density at radius 2 is 1.61 bits per heavy atom. The molecule has 23 heavy (non-hydrogen) atoms. The molecule has 7 heteroatoms. The van der Waals surface area contributed by atoms with Crippen molar-refractivity contribution in [2.24, 2.45) is 0 Å². The van der Waals surface area contributed by atoms with Crippen LogP contribution in [0.25, 0.3) is 0 Å². The average molecular weight is 314 g/mol. The average Bonchev–Trinajstić information content (AvgIpc) is 2.55. The van der Waals surface area contributed by atoms with Crippen LogP contribution >= 0.6 is 0 Å². The zero-order valence-corrected chi connectivity index (χ0v) is 12.9. The highest BCUT2D eigenvalue weighted by molar-refractivity contribution is 5.43. The fourth-order valence-corrected chi connectivity index (χ4v) is 3.07. The first-order valence-corrected chi connectivity index (χ1v) is 8.09. The standard InChI is InChI=1S/C16H19FN6/c17-13-9-18-16(19-10-13)23-6-4-22(5-7-23)15-8-14(20-11-21-15)12-2-1-3-12/h8-12H,1-7H2. The van der Waals surface area contributed by atoms with Crippen LogP contribution in [-0.4, -0.2) is 46.1 Å². The van der Waals surface area contributed by atoms with Crippen LogP contribution in [0.4, 0.5) is 16.2 Å². The van der Waals surface area contributed by atoms with Gasteiger partial charge in [0.15, 0.2) is 5.82 Å². The summed E-state index contributed by atoms with van der Waals surface area (Å²) in [5.41, 5.74) is 1.17. The van der Waals surface area contributed by atoms with Crippen LogP contribution in [0.2, 0.25) is 0 Å². The van der Waals surface area contributed by atoms with Gasteiger partial charge in [-0.1, -0.05) is 6.42 Å². The maximum atomic E-state index is 12.9. The molecule has 0 atom stereocenters. The number of nitrogens with zero attached hydrogens (tertiary/aromatic N) is 6. The van der Waals surface area contributed by atoms with E-state index in [-0.39, 0.29) is 0 Å². The van der Waals surface area contributed by atoms with Crippen molar-refractivity contribution in [1.82, 2.24) is 19.9 Å². The van der Waals surface area contributed by atoms with Gasteiger partial charge in [-0.3, -0.25) is 0 Å². The fourth-order valence-electron chi connectivity index (χ4n) is 3.07. The van der Waals surface area contributed by atoms with Gasteiger partial charge in [0.25, 0.3) is 0 Å². The maximum Gasteiger partial charge on any atom is 0.225 e. The third kappa shape index (κ3) is 2.95. The van der Waals surface area contributed by atoms with E-state index in [0.717, 1.165) is 32.0 Å². The topological polar surface area (TPSA) is 58.0 Å². The van der Waals surface area contributed by atoms with E-state index in [1.807, 2.05) is 0 Å². The summed E-state index contributed by atoms with van der Waals surface area (Å²) in [5, 5.41) is 0. The summed E-state index contributed by atoms with van der Waals surface area (Å²) in [6.45, 7) is 3.30. The first-order chi connectivity index (χ1) is 11.3. The van der Waals surface area contributed by atoms with E-state index in [4.69, 9.17) is 0 Å². The van der Waals surface area contributed by atoms with Crippen molar-refractivity contribution in [3.63, 3.8) is 0 Å². The van der Waals surface area contributed by atoms with E-state index in [0.29, 0.717) is 11.9 Å². The van der Waals surface area contributed by atoms with E-state index in [1.165, 1.54) is 37.4 Å². The second-order valence-electron chi connectivity index (χ2n) is 6.10. The van der Waals surface area contributed by atoms with Gasteiger partial charge in [-0.05, 0) is 12.8 Å². The second-order valence-corrected chi connectivity index (χ2v) is 6.10. The minimum Gasteiger partial charge on any atom is -0.353 e. The zero-order valence-electron chi connectivity index (χ0n) is 12.9. The molecule has 2 aromatic heterocycles. The van der Waals surface area contributed by atoms with Crippen molar-refractivity contribution in [3.05, 3.63) is 36.3 Å². The monoisotopic (exact) mass is 314 g/mol. The predicted molar refractivity (Wildman–Crippen MR) is 85.0 cm³/mol. The summed E-state index contributed by atoms with van der Waals surface area (Å²) < 4.78 is 12.9. The molecule has 0 amide bonds. The molecular formula is C16H19FN6. The van der Waals surface area contributed by atoms with Gasteiger partial charge in [0.2, 0.25) is 5.95 Å². The van der Waals surface area contributed by atoms with E-state index >= 15 is 0 Å². The predicted octanol–water partition coefficient (Wildman–Crippen LogP) is 2.00. The van der Waals surface area contributed by atoms with Crippen LogP contribution in [0.15, 0.2) is 24.8 Å². The first-order valence-electron chi connectivity index (χ1n) is 8.09. The third-order valence-electron chi connectivity index (χ3n) is 4.69. The zero-order chi connectivity index (χ0) is 15.6. The van der Waals surface area contributed by atoms with E-state index in [1.54, 1.807) is 6.33 Å². The Labute approximate surface area is 134 Å². The van der Waals surface area contributed by atoms with Crippen LogP contribution in [-0.2, 0) is 0 Å². The molecule has 3 heterocycles. The molecule has 0 bridgehead atoms. The van der Waals surface area contributed by atoms with E-state index in [2.05, 4.69) is 35.8 Å². The number of rotatable bonds is 3. The molecule has 120 valence electrons. The van der Waals surface area contributed by atoms with E-state index in [9.17, 15) is 4.39 Å². The van der Waals surface area contributed by atoms with Crippen molar-refractivity contribution in [2.75, 3.05) is 36.0 Å². The molecule has 1 saturated heterocycles. The third-order valence-corrected chi connectivity index (χ3v) is 4.69. The van der Waals surface area contributed by atoms with Crippen LogP contribution in [0.1, 0.15) is 30.9 Å². The Morgan fingerprint density at radius 3 is 2.26 bits per heavy atom. The molecule has 0 radical (unpaired) electrons. The summed E-state index contributed by atoms with van der Waals surface area (Å²) in [5.74, 6) is 1.80. The van der Waals surface area contributed by atoms with Crippen molar-refractivity contribution >= 4 is 11.8 Å². The molecule has 2 aliphatic rings. The van der Waals surface area contributed by atoms with Gasteiger partial charge >= 0.3 is 0 Å². The second kappa shape index (κ2) is 6.06. The van der Waals surface area contributed by atoms with Crippen molar-refractivity contribution < 1.29 is 4.39 Å². The van der Waals surface area contributed by atoms with Gasteiger partial charge in [0.1, 0.15) is 12.1 Å². The summed E-state index contributed by atoms with van der Waals surface area (Å²) in [6, 6.07) is 2.13. The Balaban J connectivity index is 1.42. The van der Waals surface area contributed by atoms with Crippen molar-refractivity contribution in [3.8, 4) is 0 Å². The van der Waals surface area contributed by atoms with Gasteiger partial charge in [0.05, 0.1) is 12.4 Å². The van der Waals surface area contributed by atoms with Gasteiger partial charge < -0.3 is 9.80 Å². The van der Waals surface area contributed by atoms with E-state index < -0.39 is 5.82 Å². The molecule has 1 aliphatic carbocycles. The lowest BCUT2D eigenvalue weighted by molar-refractivity contribution is 0.410. The van der Waals surface area contributed by atoms with Gasteiger partial charge in [-0.15, -0.1) is 0 Å². The van der Waals surface area contributed by atoms with Crippen LogP contribution < -0.4 is 9.80 Å². The molecule has 4 rings (SSSR count). The molecule has 0 unspecified atom stereocenters. The Bertz CT molecular complexity index is 665. The lowest BCUT2D eigenvalue weighted by Gasteiger charge is -2.35. The Kier molecular flexibility index (Phi) is 3.77. The molecule has 1 aliphatic heterocycles. The minimum atomic E-state index is -0.406.